The molecule has 1 saturated heterocycles. The number of aromatic nitrogens is 2. The highest BCUT2D eigenvalue weighted by Crippen LogP contribution is 2.33. The number of carbonyl (C=O) groups is 1. The molecule has 174 valence electrons. The fourth-order valence-electron chi connectivity index (χ4n) is 4.09. The lowest BCUT2D eigenvalue weighted by Gasteiger charge is -2.23. The summed E-state index contributed by atoms with van der Waals surface area (Å²) in [5.41, 5.74) is 7.56. The molecule has 3 atom stereocenters. The minimum absolute atomic E-state index is 0.0620. The zero-order chi connectivity index (χ0) is 23.4. The third kappa shape index (κ3) is 5.54. The van der Waals surface area contributed by atoms with Gasteiger partial charge in [-0.1, -0.05) is 23.4 Å². The normalized spacial score (nSPS) is 17.8. The standard InChI is InChI=1S/C24H27FN4O3S/c1-33(31)19-12-9-17(10-13-19)23-27-24(32-28-23)21-7-4-14-29(21)22(30)15-18(26)11-8-16-5-2-3-6-20(16)25/h2-3,5-6,9-10,12-13,18,21H,4,7-8,11,14-15,26H2,1H3. The summed E-state index contributed by atoms with van der Waals surface area (Å²) in [6, 6.07) is 13.1. The summed E-state index contributed by atoms with van der Waals surface area (Å²) in [5, 5.41) is 4.07. The molecule has 0 bridgehead atoms. The molecule has 1 amide bonds. The van der Waals surface area contributed by atoms with Gasteiger partial charge in [0.25, 0.3) is 0 Å². The van der Waals surface area contributed by atoms with Crippen LogP contribution in [0, 0.1) is 5.82 Å². The van der Waals surface area contributed by atoms with Crippen molar-refractivity contribution < 1.29 is 17.9 Å². The summed E-state index contributed by atoms with van der Waals surface area (Å²) in [6.45, 7) is 0.609. The second-order valence-corrected chi connectivity index (χ2v) is 9.65. The number of carbonyl (C=O) groups excluding carboxylic acids is 1. The first-order valence-electron chi connectivity index (χ1n) is 11.0. The highest BCUT2D eigenvalue weighted by molar-refractivity contribution is 7.84. The van der Waals surface area contributed by atoms with Gasteiger partial charge in [0, 0.05) is 46.5 Å². The summed E-state index contributed by atoms with van der Waals surface area (Å²) < 4.78 is 30.9. The molecule has 7 nitrogen and oxygen atoms in total. The number of nitrogens with zero attached hydrogens (tertiary/aromatic N) is 3. The van der Waals surface area contributed by atoms with Crippen molar-refractivity contribution in [3.8, 4) is 11.4 Å². The molecular weight excluding hydrogens is 443 g/mol. The predicted molar refractivity (Wildman–Crippen MR) is 123 cm³/mol. The average Bonchev–Trinajstić information content (AvgIpc) is 3.48. The van der Waals surface area contributed by atoms with Crippen molar-refractivity contribution in [2.45, 2.75) is 49.1 Å². The molecule has 9 heteroatoms. The average molecular weight is 471 g/mol. The lowest BCUT2D eigenvalue weighted by molar-refractivity contribution is -0.133. The van der Waals surface area contributed by atoms with Crippen LogP contribution < -0.4 is 5.73 Å². The Morgan fingerprint density at radius 3 is 2.76 bits per heavy atom. The van der Waals surface area contributed by atoms with E-state index in [9.17, 15) is 13.4 Å². The van der Waals surface area contributed by atoms with Crippen LogP contribution in [0.25, 0.3) is 11.4 Å². The highest BCUT2D eigenvalue weighted by Gasteiger charge is 2.34. The molecule has 0 spiro atoms. The van der Waals surface area contributed by atoms with Crippen LogP contribution in [0.15, 0.2) is 57.9 Å². The van der Waals surface area contributed by atoms with E-state index in [1.54, 1.807) is 53.6 Å². The maximum Gasteiger partial charge on any atom is 0.249 e. The lowest BCUT2D eigenvalue weighted by Crippen LogP contribution is -2.36. The zero-order valence-corrected chi connectivity index (χ0v) is 19.3. The number of nitrogens with two attached hydrogens (primary N) is 1. The Balaban J connectivity index is 1.38. The largest absolute Gasteiger partial charge is 0.337 e. The number of hydrogen-bond acceptors (Lipinski definition) is 6. The van der Waals surface area contributed by atoms with Crippen LogP contribution in [0.2, 0.25) is 0 Å². The molecule has 1 fully saturated rings. The van der Waals surface area contributed by atoms with Crippen molar-refractivity contribution in [3.05, 3.63) is 65.8 Å². The number of aryl methyl sites for hydroxylation is 1. The van der Waals surface area contributed by atoms with Crippen LogP contribution in [0.5, 0.6) is 0 Å². The highest BCUT2D eigenvalue weighted by atomic mass is 32.2. The Hall–Kier alpha value is -2.91. The van der Waals surface area contributed by atoms with Gasteiger partial charge in [-0.15, -0.1) is 0 Å². The van der Waals surface area contributed by atoms with Gasteiger partial charge < -0.3 is 15.2 Å². The first-order chi connectivity index (χ1) is 15.9. The Morgan fingerprint density at radius 1 is 1.27 bits per heavy atom. The molecular formula is C24H27FN4O3S. The monoisotopic (exact) mass is 470 g/mol. The van der Waals surface area contributed by atoms with Gasteiger partial charge in [-0.05, 0) is 61.6 Å². The molecule has 3 unspecified atom stereocenters. The first-order valence-corrected chi connectivity index (χ1v) is 12.5. The van der Waals surface area contributed by atoms with Crippen LogP contribution in [0.1, 0.15) is 43.2 Å². The first kappa shape index (κ1) is 23.3. The minimum Gasteiger partial charge on any atom is -0.337 e. The SMILES string of the molecule is CS(=O)c1ccc(-c2noc(C3CCCN3C(=O)CC(N)CCc3ccccc3F)n2)cc1. The van der Waals surface area contributed by atoms with Crippen LogP contribution in [-0.4, -0.2) is 44.0 Å². The van der Waals surface area contributed by atoms with E-state index >= 15 is 0 Å². The van der Waals surface area contributed by atoms with Gasteiger partial charge in [-0.3, -0.25) is 9.00 Å². The minimum atomic E-state index is -1.06. The van der Waals surface area contributed by atoms with E-state index in [2.05, 4.69) is 10.1 Å². The fourth-order valence-corrected chi connectivity index (χ4v) is 4.61. The number of likely N-dealkylation sites (tertiary alicyclic amines) is 1. The van der Waals surface area contributed by atoms with Crippen LogP contribution in [0.3, 0.4) is 0 Å². The Labute approximate surface area is 194 Å². The molecule has 2 aromatic carbocycles. The maximum atomic E-state index is 13.8. The van der Waals surface area contributed by atoms with Gasteiger partial charge in [0.2, 0.25) is 17.6 Å². The van der Waals surface area contributed by atoms with Crippen molar-refractivity contribution >= 4 is 16.7 Å². The van der Waals surface area contributed by atoms with E-state index in [1.807, 2.05) is 0 Å². The molecule has 1 aromatic heterocycles. The van der Waals surface area contributed by atoms with Crippen molar-refractivity contribution in [2.75, 3.05) is 12.8 Å². The molecule has 1 aliphatic heterocycles. The van der Waals surface area contributed by atoms with E-state index in [1.165, 1.54) is 6.07 Å². The molecule has 2 N–H and O–H groups in total. The topological polar surface area (TPSA) is 102 Å². The number of rotatable bonds is 8. The van der Waals surface area contributed by atoms with Gasteiger partial charge in [0.15, 0.2) is 0 Å². The summed E-state index contributed by atoms with van der Waals surface area (Å²) >= 11 is 0. The molecule has 3 aromatic rings. The summed E-state index contributed by atoms with van der Waals surface area (Å²) in [7, 11) is -1.06. The molecule has 0 aliphatic carbocycles. The molecule has 4 rings (SSSR count). The van der Waals surface area contributed by atoms with Crippen molar-refractivity contribution in [1.82, 2.24) is 15.0 Å². The third-order valence-corrected chi connectivity index (χ3v) is 6.86. The molecule has 0 saturated carbocycles. The van der Waals surface area contributed by atoms with Gasteiger partial charge in [0.1, 0.15) is 11.9 Å². The zero-order valence-electron chi connectivity index (χ0n) is 18.4. The summed E-state index contributed by atoms with van der Waals surface area (Å²) in [5.74, 6) is 0.520. The third-order valence-electron chi connectivity index (χ3n) is 5.92. The number of amides is 1. The van der Waals surface area contributed by atoms with Crippen molar-refractivity contribution in [2.24, 2.45) is 5.73 Å². The van der Waals surface area contributed by atoms with Crippen LogP contribution in [-0.2, 0) is 22.0 Å². The van der Waals surface area contributed by atoms with Gasteiger partial charge >= 0.3 is 0 Å². The summed E-state index contributed by atoms with van der Waals surface area (Å²) in [4.78, 5) is 19.9. The quantitative estimate of drug-likeness (QED) is 0.539. The molecule has 2 heterocycles. The van der Waals surface area contributed by atoms with E-state index in [4.69, 9.17) is 10.3 Å². The van der Waals surface area contributed by atoms with Crippen molar-refractivity contribution in [1.29, 1.82) is 0 Å². The number of halogens is 1. The smallest absolute Gasteiger partial charge is 0.249 e. The van der Waals surface area contributed by atoms with Crippen LogP contribution in [0.4, 0.5) is 4.39 Å². The van der Waals surface area contributed by atoms with Gasteiger partial charge in [-0.25, -0.2) is 4.39 Å². The van der Waals surface area contributed by atoms with Gasteiger partial charge in [-0.2, -0.15) is 4.98 Å². The molecule has 1 aliphatic rings. The Morgan fingerprint density at radius 2 is 2.03 bits per heavy atom. The Kier molecular flexibility index (Phi) is 7.29. The van der Waals surface area contributed by atoms with E-state index in [0.717, 1.165) is 23.3 Å². The van der Waals surface area contributed by atoms with Crippen LogP contribution >= 0.6 is 0 Å². The maximum absolute atomic E-state index is 13.8. The second kappa shape index (κ2) is 10.4. The summed E-state index contributed by atoms with van der Waals surface area (Å²) in [6.07, 6.45) is 4.40. The Bertz CT molecular complexity index is 1130. The van der Waals surface area contributed by atoms with Gasteiger partial charge in [0.05, 0.1) is 0 Å². The van der Waals surface area contributed by atoms with E-state index < -0.39 is 10.8 Å². The number of hydrogen-bond donors (Lipinski definition) is 1. The van der Waals surface area contributed by atoms with Crippen molar-refractivity contribution in [3.63, 3.8) is 0 Å². The fraction of sp³-hybridized carbons (Fsp3) is 0.375. The lowest BCUT2D eigenvalue weighted by atomic mass is 10.0. The van der Waals surface area contributed by atoms with E-state index in [0.29, 0.717) is 36.7 Å². The predicted octanol–water partition coefficient (Wildman–Crippen LogP) is 3.63. The second-order valence-electron chi connectivity index (χ2n) is 8.27. The molecule has 33 heavy (non-hydrogen) atoms. The number of benzene rings is 2. The van der Waals surface area contributed by atoms with E-state index in [-0.39, 0.29) is 30.2 Å². The molecule has 0 radical (unpaired) electrons.